The summed E-state index contributed by atoms with van der Waals surface area (Å²) in [7, 11) is 1.90. The summed E-state index contributed by atoms with van der Waals surface area (Å²) in [6.07, 6.45) is 4.90. The van der Waals surface area contributed by atoms with Crippen LogP contribution in [0.25, 0.3) is 0 Å². The number of nitrogens with zero attached hydrogens (tertiary/aromatic N) is 2. The average molecular weight is 228 g/mol. The Hall–Kier alpha value is -0.540. The third-order valence-corrected chi connectivity index (χ3v) is 3.61. The lowest BCUT2D eigenvalue weighted by molar-refractivity contribution is 0.399. The molecule has 0 bridgehead atoms. The van der Waals surface area contributed by atoms with Crippen molar-refractivity contribution in [3.63, 3.8) is 0 Å². The first-order chi connectivity index (χ1) is 7.18. The van der Waals surface area contributed by atoms with Crippen molar-refractivity contribution >= 4 is 11.6 Å². The minimum atomic E-state index is 0.583. The van der Waals surface area contributed by atoms with Gasteiger partial charge in [-0.05, 0) is 32.7 Å². The molecule has 1 saturated heterocycles. The maximum atomic E-state index is 6.21. The molecule has 1 aliphatic heterocycles. The predicted molar refractivity (Wildman–Crippen MR) is 62.3 cm³/mol. The van der Waals surface area contributed by atoms with Crippen LogP contribution in [0.4, 0.5) is 0 Å². The molecular weight excluding hydrogens is 210 g/mol. The van der Waals surface area contributed by atoms with E-state index in [9.17, 15) is 0 Å². The standard InChI is InChI=1S/C11H18ClN3/c1-8-10(11(12)15(2)14-8)7-9-5-3-4-6-13-9/h9,13H,3-7H2,1-2H3. The second kappa shape index (κ2) is 4.54. The van der Waals surface area contributed by atoms with E-state index in [1.807, 2.05) is 14.0 Å². The van der Waals surface area contributed by atoms with Gasteiger partial charge >= 0.3 is 0 Å². The van der Waals surface area contributed by atoms with Crippen molar-refractivity contribution in [3.05, 3.63) is 16.4 Å². The van der Waals surface area contributed by atoms with Gasteiger partial charge in [-0.25, -0.2) is 0 Å². The molecule has 1 aromatic heterocycles. The molecule has 0 saturated carbocycles. The highest BCUT2D eigenvalue weighted by Gasteiger charge is 2.18. The zero-order chi connectivity index (χ0) is 10.8. The molecule has 1 aliphatic rings. The molecule has 0 aliphatic carbocycles. The summed E-state index contributed by atoms with van der Waals surface area (Å²) in [4.78, 5) is 0. The lowest BCUT2D eigenvalue weighted by Crippen LogP contribution is -2.35. The molecular formula is C11H18ClN3. The van der Waals surface area contributed by atoms with Crippen molar-refractivity contribution in [2.75, 3.05) is 6.54 Å². The number of halogens is 1. The van der Waals surface area contributed by atoms with Crippen LogP contribution in [0.15, 0.2) is 0 Å². The fraction of sp³-hybridized carbons (Fsp3) is 0.727. The van der Waals surface area contributed by atoms with E-state index in [1.165, 1.54) is 24.8 Å². The quantitative estimate of drug-likeness (QED) is 0.839. The van der Waals surface area contributed by atoms with E-state index in [1.54, 1.807) is 4.68 Å². The van der Waals surface area contributed by atoms with Crippen molar-refractivity contribution in [3.8, 4) is 0 Å². The van der Waals surface area contributed by atoms with Crippen LogP contribution >= 0.6 is 11.6 Å². The summed E-state index contributed by atoms with van der Waals surface area (Å²) in [5.74, 6) is 0. The molecule has 0 aromatic carbocycles. The molecule has 4 heteroatoms. The topological polar surface area (TPSA) is 29.9 Å². The van der Waals surface area contributed by atoms with Crippen LogP contribution in [0.3, 0.4) is 0 Å². The highest BCUT2D eigenvalue weighted by Crippen LogP contribution is 2.22. The van der Waals surface area contributed by atoms with Gasteiger partial charge in [0.1, 0.15) is 5.15 Å². The Bertz CT molecular complexity index is 340. The fourth-order valence-electron chi connectivity index (χ4n) is 2.25. The summed E-state index contributed by atoms with van der Waals surface area (Å²) in [6.45, 7) is 3.17. The number of aryl methyl sites for hydroxylation is 2. The Morgan fingerprint density at radius 2 is 2.33 bits per heavy atom. The Balaban J connectivity index is 2.09. The normalized spacial score (nSPS) is 21.9. The van der Waals surface area contributed by atoms with Gasteiger partial charge in [0.25, 0.3) is 0 Å². The third-order valence-electron chi connectivity index (χ3n) is 3.13. The number of nitrogens with one attached hydrogen (secondary N) is 1. The van der Waals surface area contributed by atoms with Crippen LogP contribution in [0, 0.1) is 6.92 Å². The van der Waals surface area contributed by atoms with Gasteiger partial charge in [-0.3, -0.25) is 4.68 Å². The van der Waals surface area contributed by atoms with Gasteiger partial charge in [0.15, 0.2) is 0 Å². The second-order valence-electron chi connectivity index (χ2n) is 4.33. The Labute approximate surface area is 95.8 Å². The number of hydrogen-bond donors (Lipinski definition) is 1. The van der Waals surface area contributed by atoms with Crippen molar-refractivity contribution in [1.82, 2.24) is 15.1 Å². The molecule has 0 amide bonds. The zero-order valence-electron chi connectivity index (χ0n) is 9.39. The van der Waals surface area contributed by atoms with Gasteiger partial charge in [0.05, 0.1) is 5.69 Å². The molecule has 3 nitrogen and oxygen atoms in total. The number of rotatable bonds is 2. The minimum Gasteiger partial charge on any atom is -0.314 e. The van der Waals surface area contributed by atoms with E-state index < -0.39 is 0 Å². The third kappa shape index (κ3) is 2.34. The number of piperidine rings is 1. The molecule has 1 fully saturated rings. The Kier molecular flexibility index (Phi) is 3.32. The molecule has 1 N–H and O–H groups in total. The summed E-state index contributed by atoms with van der Waals surface area (Å²) < 4.78 is 1.76. The largest absolute Gasteiger partial charge is 0.314 e. The second-order valence-corrected chi connectivity index (χ2v) is 4.69. The van der Waals surface area contributed by atoms with E-state index in [0.717, 1.165) is 23.8 Å². The fourth-order valence-corrected chi connectivity index (χ4v) is 2.50. The van der Waals surface area contributed by atoms with Crippen molar-refractivity contribution in [2.45, 2.75) is 38.6 Å². The van der Waals surface area contributed by atoms with Crippen LogP contribution < -0.4 is 5.32 Å². The monoisotopic (exact) mass is 227 g/mol. The smallest absolute Gasteiger partial charge is 0.130 e. The summed E-state index contributed by atoms with van der Waals surface area (Å²) >= 11 is 6.21. The first kappa shape index (κ1) is 11.0. The molecule has 1 aromatic rings. The molecule has 1 unspecified atom stereocenters. The SMILES string of the molecule is Cc1nn(C)c(Cl)c1CC1CCCCN1. The number of hydrogen-bond acceptors (Lipinski definition) is 2. The van der Waals surface area contributed by atoms with E-state index in [0.29, 0.717) is 6.04 Å². The predicted octanol–water partition coefficient (Wildman–Crippen LogP) is 2.07. The number of aromatic nitrogens is 2. The summed E-state index contributed by atoms with van der Waals surface area (Å²) in [5, 5.41) is 8.66. The lowest BCUT2D eigenvalue weighted by Gasteiger charge is -2.23. The molecule has 1 atom stereocenters. The molecule has 0 spiro atoms. The zero-order valence-corrected chi connectivity index (χ0v) is 10.1. The van der Waals surface area contributed by atoms with Crippen molar-refractivity contribution < 1.29 is 0 Å². The van der Waals surface area contributed by atoms with Crippen LogP contribution in [0.5, 0.6) is 0 Å². The van der Waals surface area contributed by atoms with Gasteiger partial charge in [-0.1, -0.05) is 18.0 Å². The van der Waals surface area contributed by atoms with Crippen LogP contribution in [0.1, 0.15) is 30.5 Å². The van der Waals surface area contributed by atoms with E-state index in [4.69, 9.17) is 11.6 Å². The molecule has 15 heavy (non-hydrogen) atoms. The maximum Gasteiger partial charge on any atom is 0.130 e. The first-order valence-corrected chi connectivity index (χ1v) is 5.97. The van der Waals surface area contributed by atoms with Crippen LogP contribution in [-0.2, 0) is 13.5 Å². The highest BCUT2D eigenvalue weighted by atomic mass is 35.5. The lowest BCUT2D eigenvalue weighted by atomic mass is 9.98. The van der Waals surface area contributed by atoms with E-state index in [2.05, 4.69) is 10.4 Å². The van der Waals surface area contributed by atoms with Gasteiger partial charge in [-0.15, -0.1) is 0 Å². The van der Waals surface area contributed by atoms with Gasteiger partial charge < -0.3 is 5.32 Å². The molecule has 2 heterocycles. The highest BCUT2D eigenvalue weighted by molar-refractivity contribution is 6.30. The van der Waals surface area contributed by atoms with Crippen molar-refractivity contribution in [1.29, 1.82) is 0 Å². The van der Waals surface area contributed by atoms with Crippen molar-refractivity contribution in [2.24, 2.45) is 7.05 Å². The molecule has 2 rings (SSSR count). The van der Waals surface area contributed by atoms with Gasteiger partial charge in [0.2, 0.25) is 0 Å². The maximum absolute atomic E-state index is 6.21. The summed E-state index contributed by atoms with van der Waals surface area (Å²) in [5.41, 5.74) is 2.27. The average Bonchev–Trinajstić information content (AvgIpc) is 2.47. The minimum absolute atomic E-state index is 0.583. The van der Waals surface area contributed by atoms with Crippen LogP contribution in [-0.4, -0.2) is 22.4 Å². The van der Waals surface area contributed by atoms with Crippen LogP contribution in [0.2, 0.25) is 5.15 Å². The molecule has 0 radical (unpaired) electrons. The Morgan fingerprint density at radius 3 is 2.87 bits per heavy atom. The van der Waals surface area contributed by atoms with Gasteiger partial charge in [-0.2, -0.15) is 5.10 Å². The molecule has 84 valence electrons. The van der Waals surface area contributed by atoms with Gasteiger partial charge in [0, 0.05) is 18.7 Å². The Morgan fingerprint density at radius 1 is 1.53 bits per heavy atom. The first-order valence-electron chi connectivity index (χ1n) is 5.60. The van der Waals surface area contributed by atoms with E-state index >= 15 is 0 Å². The van der Waals surface area contributed by atoms with E-state index in [-0.39, 0.29) is 0 Å². The summed E-state index contributed by atoms with van der Waals surface area (Å²) in [6, 6.07) is 0.583.